The molecule has 0 spiro atoms. The van der Waals surface area contributed by atoms with E-state index >= 15 is 0 Å². The molecule has 1 amide bonds. The summed E-state index contributed by atoms with van der Waals surface area (Å²) in [5.41, 5.74) is 2.36. The minimum atomic E-state index is -0.136. The molecular weight excluding hydrogens is 218 g/mol. The Balaban J connectivity index is 2.54. The highest BCUT2D eigenvalue weighted by molar-refractivity contribution is 5.72. The average Bonchev–Trinajstić information content (AvgIpc) is 2.75. The van der Waals surface area contributed by atoms with Crippen LogP contribution in [0.25, 0.3) is 5.52 Å². The summed E-state index contributed by atoms with van der Waals surface area (Å²) < 4.78 is 1.48. The van der Waals surface area contributed by atoms with Crippen molar-refractivity contribution in [1.82, 2.24) is 14.9 Å². The van der Waals surface area contributed by atoms with Crippen LogP contribution < -0.4 is 10.9 Å². The fourth-order valence-corrected chi connectivity index (χ4v) is 1.89. The van der Waals surface area contributed by atoms with Crippen LogP contribution >= 0.6 is 0 Å². The summed E-state index contributed by atoms with van der Waals surface area (Å²) in [5.74, 6) is -0.136. The number of nitrogens with zero attached hydrogens (tertiary/aromatic N) is 1. The maximum Gasteiger partial charge on any atom is 0.274 e. The molecule has 0 aliphatic carbocycles. The van der Waals surface area contributed by atoms with Crippen molar-refractivity contribution < 1.29 is 4.79 Å². The Morgan fingerprint density at radius 1 is 1.53 bits per heavy atom. The molecule has 0 saturated carbocycles. The van der Waals surface area contributed by atoms with Gasteiger partial charge in [-0.05, 0) is 24.1 Å². The largest absolute Gasteiger partial charge is 0.352 e. The van der Waals surface area contributed by atoms with Gasteiger partial charge in [-0.25, -0.2) is 4.52 Å². The minimum Gasteiger partial charge on any atom is -0.352 e. The predicted octanol–water partition coefficient (Wildman–Crippen LogP) is 0.826. The summed E-state index contributed by atoms with van der Waals surface area (Å²) in [5, 5.41) is 5.53. The van der Waals surface area contributed by atoms with Crippen LogP contribution in [0.1, 0.15) is 25.0 Å². The third-order valence-corrected chi connectivity index (χ3v) is 2.78. The van der Waals surface area contributed by atoms with Gasteiger partial charge in [0.2, 0.25) is 5.91 Å². The van der Waals surface area contributed by atoms with Crippen LogP contribution in [0.3, 0.4) is 0 Å². The summed E-state index contributed by atoms with van der Waals surface area (Å²) in [6, 6.07) is 3.82. The Hall–Kier alpha value is -2.04. The minimum absolute atomic E-state index is 0.0990. The monoisotopic (exact) mass is 233 g/mol. The fourth-order valence-electron chi connectivity index (χ4n) is 1.89. The number of carbonyl (C=O) groups excluding carboxylic acids is 1. The SMILES string of the molecule is CCc1cc2cc[nH]n2c(=O)c1CNC(C)=O. The molecule has 0 radical (unpaired) electrons. The van der Waals surface area contributed by atoms with E-state index < -0.39 is 0 Å². The van der Waals surface area contributed by atoms with Crippen LogP contribution in [0.5, 0.6) is 0 Å². The van der Waals surface area contributed by atoms with Crippen molar-refractivity contribution in [2.24, 2.45) is 0 Å². The molecule has 0 aliphatic rings. The van der Waals surface area contributed by atoms with Gasteiger partial charge in [0.15, 0.2) is 0 Å². The summed E-state index contributed by atoms with van der Waals surface area (Å²) in [6.07, 6.45) is 2.49. The van der Waals surface area contributed by atoms with Crippen molar-refractivity contribution in [2.75, 3.05) is 0 Å². The molecule has 0 atom stereocenters. The molecule has 0 bridgehead atoms. The van der Waals surface area contributed by atoms with Gasteiger partial charge in [0.25, 0.3) is 5.56 Å². The molecule has 2 N–H and O–H groups in total. The molecule has 0 aromatic carbocycles. The number of H-pyrrole nitrogens is 1. The first kappa shape index (κ1) is 11.4. The van der Waals surface area contributed by atoms with Crippen molar-refractivity contribution in [3.05, 3.63) is 39.8 Å². The molecular formula is C12H15N3O2. The molecule has 2 aromatic heterocycles. The van der Waals surface area contributed by atoms with Crippen LogP contribution in [-0.4, -0.2) is 15.5 Å². The molecule has 0 fully saturated rings. The van der Waals surface area contributed by atoms with E-state index in [0.717, 1.165) is 17.5 Å². The number of carbonyl (C=O) groups is 1. The molecule has 2 rings (SSSR count). The lowest BCUT2D eigenvalue weighted by Gasteiger charge is -2.08. The van der Waals surface area contributed by atoms with Crippen LogP contribution in [-0.2, 0) is 17.8 Å². The fraction of sp³-hybridized carbons (Fsp3) is 0.333. The Morgan fingerprint density at radius 2 is 2.29 bits per heavy atom. The van der Waals surface area contributed by atoms with E-state index in [0.29, 0.717) is 5.56 Å². The van der Waals surface area contributed by atoms with Gasteiger partial charge in [-0.1, -0.05) is 6.92 Å². The number of nitrogens with one attached hydrogen (secondary N) is 2. The van der Waals surface area contributed by atoms with Crippen molar-refractivity contribution in [2.45, 2.75) is 26.8 Å². The second-order valence-electron chi connectivity index (χ2n) is 3.94. The molecule has 0 aliphatic heterocycles. The van der Waals surface area contributed by atoms with Crippen LogP contribution in [0, 0.1) is 0 Å². The molecule has 90 valence electrons. The van der Waals surface area contributed by atoms with Gasteiger partial charge in [0.05, 0.1) is 5.52 Å². The van der Waals surface area contributed by atoms with Gasteiger partial charge in [-0.3, -0.25) is 14.7 Å². The van der Waals surface area contributed by atoms with Gasteiger partial charge in [-0.2, -0.15) is 0 Å². The van der Waals surface area contributed by atoms with Gasteiger partial charge >= 0.3 is 0 Å². The van der Waals surface area contributed by atoms with Gasteiger partial charge in [0.1, 0.15) is 0 Å². The van der Waals surface area contributed by atoms with E-state index in [1.165, 1.54) is 11.4 Å². The average molecular weight is 233 g/mol. The van der Waals surface area contributed by atoms with Crippen molar-refractivity contribution in [3.8, 4) is 0 Å². The summed E-state index contributed by atoms with van der Waals surface area (Å²) in [7, 11) is 0. The topological polar surface area (TPSA) is 66.4 Å². The van der Waals surface area contributed by atoms with E-state index in [1.807, 2.05) is 19.1 Å². The molecule has 0 saturated heterocycles. The Labute approximate surface area is 98.4 Å². The number of aromatic nitrogens is 2. The highest BCUT2D eigenvalue weighted by Gasteiger charge is 2.10. The quantitative estimate of drug-likeness (QED) is 0.824. The normalized spacial score (nSPS) is 10.7. The van der Waals surface area contributed by atoms with Crippen molar-refractivity contribution in [1.29, 1.82) is 0 Å². The first-order valence-corrected chi connectivity index (χ1v) is 5.58. The van der Waals surface area contributed by atoms with Gasteiger partial charge in [0, 0.05) is 25.2 Å². The van der Waals surface area contributed by atoms with E-state index in [9.17, 15) is 9.59 Å². The Bertz CT molecular complexity index is 610. The molecule has 5 nitrogen and oxygen atoms in total. The second-order valence-corrected chi connectivity index (χ2v) is 3.94. The zero-order valence-electron chi connectivity index (χ0n) is 9.91. The Morgan fingerprint density at radius 3 is 2.94 bits per heavy atom. The highest BCUT2D eigenvalue weighted by Crippen LogP contribution is 2.09. The number of aromatic amines is 1. The summed E-state index contributed by atoms with van der Waals surface area (Å²) >= 11 is 0. The first-order valence-electron chi connectivity index (χ1n) is 5.58. The van der Waals surface area contributed by atoms with Crippen LogP contribution in [0.15, 0.2) is 23.1 Å². The lowest BCUT2D eigenvalue weighted by molar-refractivity contribution is -0.119. The van der Waals surface area contributed by atoms with Crippen molar-refractivity contribution >= 4 is 11.4 Å². The second kappa shape index (κ2) is 4.45. The molecule has 5 heteroatoms. The number of hydrogen-bond acceptors (Lipinski definition) is 2. The van der Waals surface area contributed by atoms with E-state index in [-0.39, 0.29) is 18.0 Å². The highest BCUT2D eigenvalue weighted by atomic mass is 16.1. The maximum absolute atomic E-state index is 12.2. The van der Waals surface area contributed by atoms with Crippen LogP contribution in [0.2, 0.25) is 0 Å². The third kappa shape index (κ3) is 2.08. The van der Waals surface area contributed by atoms with Gasteiger partial charge in [-0.15, -0.1) is 0 Å². The first-order chi connectivity index (χ1) is 8.13. The standard InChI is InChI=1S/C12H15N3O2/c1-3-9-6-10-4-5-14-15(10)12(17)11(9)7-13-8(2)16/h4-6,14H,3,7H2,1-2H3,(H,13,16). The zero-order chi connectivity index (χ0) is 12.4. The Kier molecular flexibility index (Phi) is 2.99. The zero-order valence-corrected chi connectivity index (χ0v) is 9.91. The van der Waals surface area contributed by atoms with E-state index in [2.05, 4.69) is 10.4 Å². The molecule has 2 heterocycles. The van der Waals surface area contributed by atoms with Crippen LogP contribution in [0.4, 0.5) is 0 Å². The number of aryl methyl sites for hydroxylation is 1. The predicted molar refractivity (Wildman–Crippen MR) is 64.9 cm³/mol. The molecule has 17 heavy (non-hydrogen) atoms. The number of amides is 1. The number of fused-ring (bicyclic) bond motifs is 1. The smallest absolute Gasteiger partial charge is 0.274 e. The van der Waals surface area contributed by atoms with Gasteiger partial charge < -0.3 is 5.32 Å². The third-order valence-electron chi connectivity index (χ3n) is 2.78. The summed E-state index contributed by atoms with van der Waals surface area (Å²) in [4.78, 5) is 23.1. The van der Waals surface area contributed by atoms with E-state index in [1.54, 1.807) is 6.20 Å². The lowest BCUT2D eigenvalue weighted by Crippen LogP contribution is -2.28. The van der Waals surface area contributed by atoms with Crippen molar-refractivity contribution in [3.63, 3.8) is 0 Å². The lowest BCUT2D eigenvalue weighted by atomic mass is 10.1. The molecule has 0 unspecified atom stereocenters. The number of hydrogen-bond donors (Lipinski definition) is 2. The maximum atomic E-state index is 12.2. The number of rotatable bonds is 3. The van der Waals surface area contributed by atoms with E-state index in [4.69, 9.17) is 0 Å². The summed E-state index contributed by atoms with van der Waals surface area (Å²) in [6.45, 7) is 3.71. The molecule has 2 aromatic rings. The number of pyridine rings is 1.